The number of rotatable bonds is 3. The Bertz CT molecular complexity index is 194. The molecule has 0 aromatic heterocycles. The van der Waals surface area contributed by atoms with E-state index in [1.807, 2.05) is 0 Å². The van der Waals surface area contributed by atoms with Gasteiger partial charge >= 0.3 is 0 Å². The van der Waals surface area contributed by atoms with Crippen molar-refractivity contribution >= 4 is 6.47 Å². The smallest absolute Gasteiger partial charge is 0.293 e. The van der Waals surface area contributed by atoms with Gasteiger partial charge in [-0.3, -0.25) is 4.79 Å². The fourth-order valence-electron chi connectivity index (χ4n) is 1.30. The third-order valence-electron chi connectivity index (χ3n) is 2.05. The van der Waals surface area contributed by atoms with E-state index >= 15 is 0 Å². The number of hydrogen-bond donors (Lipinski definition) is 4. The first-order valence-corrected chi connectivity index (χ1v) is 4.01. The maximum absolute atomic E-state index is 10.1. The number of ether oxygens (including phenoxy) is 2. The lowest BCUT2D eigenvalue weighted by atomic mass is 9.99. The van der Waals surface area contributed by atoms with E-state index in [0.717, 1.165) is 0 Å². The van der Waals surface area contributed by atoms with Crippen LogP contribution in [0.2, 0.25) is 0 Å². The zero-order valence-electron chi connectivity index (χ0n) is 7.18. The Kier molecular flexibility index (Phi) is 3.78. The summed E-state index contributed by atoms with van der Waals surface area (Å²) in [6.45, 7) is -0.469. The molecule has 1 aliphatic rings. The molecular formula is C7H12O7. The summed E-state index contributed by atoms with van der Waals surface area (Å²) in [7, 11) is 0. The molecule has 4 N–H and O–H groups in total. The van der Waals surface area contributed by atoms with Crippen LogP contribution in [0.1, 0.15) is 0 Å². The Balaban J connectivity index is 2.72. The largest absolute Gasteiger partial charge is 0.459 e. The van der Waals surface area contributed by atoms with E-state index in [4.69, 9.17) is 20.1 Å². The highest BCUT2D eigenvalue weighted by molar-refractivity contribution is 5.38. The van der Waals surface area contributed by atoms with Crippen molar-refractivity contribution in [2.75, 3.05) is 6.61 Å². The van der Waals surface area contributed by atoms with Crippen LogP contribution >= 0.6 is 0 Å². The van der Waals surface area contributed by atoms with E-state index in [2.05, 4.69) is 4.74 Å². The minimum Gasteiger partial charge on any atom is -0.459 e. The summed E-state index contributed by atoms with van der Waals surface area (Å²) in [5.41, 5.74) is 0. The summed E-state index contributed by atoms with van der Waals surface area (Å²) in [4.78, 5) is 10.1. The van der Waals surface area contributed by atoms with Gasteiger partial charge in [0.05, 0.1) is 6.61 Å². The van der Waals surface area contributed by atoms with Crippen molar-refractivity contribution in [2.45, 2.75) is 30.7 Å². The quantitative estimate of drug-likeness (QED) is 0.364. The van der Waals surface area contributed by atoms with Gasteiger partial charge in [-0.1, -0.05) is 0 Å². The number of aliphatic hydroxyl groups excluding tert-OH is 4. The molecule has 0 aromatic carbocycles. The molecule has 0 saturated carbocycles. The Morgan fingerprint density at radius 1 is 1.29 bits per heavy atom. The van der Waals surface area contributed by atoms with Gasteiger partial charge in [-0.05, 0) is 0 Å². The van der Waals surface area contributed by atoms with Gasteiger partial charge in [0, 0.05) is 0 Å². The normalized spacial score (nSPS) is 43.3. The first-order valence-electron chi connectivity index (χ1n) is 4.01. The summed E-state index contributed by atoms with van der Waals surface area (Å²) in [6.07, 6.45) is -6.89. The van der Waals surface area contributed by atoms with E-state index in [9.17, 15) is 9.90 Å². The fourth-order valence-corrected chi connectivity index (χ4v) is 1.30. The predicted octanol–water partition coefficient (Wildman–Crippen LogP) is -3.04. The molecule has 0 radical (unpaired) electrons. The van der Waals surface area contributed by atoms with E-state index < -0.39 is 37.3 Å². The van der Waals surface area contributed by atoms with Gasteiger partial charge in [-0.2, -0.15) is 0 Å². The molecule has 82 valence electrons. The van der Waals surface area contributed by atoms with Crippen LogP contribution in [0.25, 0.3) is 0 Å². The van der Waals surface area contributed by atoms with Gasteiger partial charge in [0.25, 0.3) is 6.47 Å². The molecule has 0 amide bonds. The van der Waals surface area contributed by atoms with Crippen molar-refractivity contribution in [1.82, 2.24) is 0 Å². The van der Waals surface area contributed by atoms with Crippen LogP contribution < -0.4 is 0 Å². The molecule has 1 fully saturated rings. The maximum Gasteiger partial charge on any atom is 0.293 e. The highest BCUT2D eigenvalue weighted by Gasteiger charge is 2.44. The second-order valence-corrected chi connectivity index (χ2v) is 2.93. The number of aliphatic hydroxyl groups is 4. The van der Waals surface area contributed by atoms with Gasteiger partial charge in [0.2, 0.25) is 0 Å². The van der Waals surface area contributed by atoms with Crippen molar-refractivity contribution in [1.29, 1.82) is 0 Å². The zero-order chi connectivity index (χ0) is 10.7. The summed E-state index contributed by atoms with van der Waals surface area (Å²) in [5, 5.41) is 36.3. The van der Waals surface area contributed by atoms with Crippen LogP contribution in [-0.4, -0.2) is 64.2 Å². The van der Waals surface area contributed by atoms with Gasteiger partial charge in [-0.25, -0.2) is 0 Å². The minimum absolute atomic E-state index is 0.0737. The van der Waals surface area contributed by atoms with Gasteiger partial charge < -0.3 is 29.9 Å². The van der Waals surface area contributed by atoms with Crippen LogP contribution in [0.15, 0.2) is 0 Å². The monoisotopic (exact) mass is 208 g/mol. The van der Waals surface area contributed by atoms with Crippen molar-refractivity contribution in [2.24, 2.45) is 0 Å². The zero-order valence-corrected chi connectivity index (χ0v) is 7.18. The topological polar surface area (TPSA) is 116 Å². The average Bonchev–Trinajstić information content (AvgIpc) is 2.19. The molecule has 1 saturated heterocycles. The Morgan fingerprint density at radius 2 is 1.93 bits per heavy atom. The highest BCUT2D eigenvalue weighted by atomic mass is 16.7. The SMILES string of the molecule is O=CO[C@@H]1[C@H](O)[C@@H](O)[C@@H](O)O[C@@H]1CO. The molecule has 0 aliphatic carbocycles. The first-order chi connectivity index (χ1) is 6.61. The molecule has 0 spiro atoms. The summed E-state index contributed by atoms with van der Waals surface area (Å²) >= 11 is 0. The Hall–Kier alpha value is -0.730. The maximum atomic E-state index is 10.1. The lowest BCUT2D eigenvalue weighted by molar-refractivity contribution is -0.287. The van der Waals surface area contributed by atoms with Crippen LogP contribution in [-0.2, 0) is 14.3 Å². The summed E-state index contributed by atoms with van der Waals surface area (Å²) in [6, 6.07) is 0. The van der Waals surface area contributed by atoms with Crippen LogP contribution in [0.4, 0.5) is 0 Å². The van der Waals surface area contributed by atoms with Crippen LogP contribution in [0.3, 0.4) is 0 Å². The molecule has 5 atom stereocenters. The van der Waals surface area contributed by atoms with Crippen molar-refractivity contribution in [3.63, 3.8) is 0 Å². The standard InChI is InChI=1S/C7H12O7/c8-1-3-6(13-2-9)4(10)5(11)7(12)14-3/h2-8,10-12H,1H2/t3-,4-,5-,6+,7+/m1/s1. The summed E-state index contributed by atoms with van der Waals surface area (Å²) < 4.78 is 9.13. The van der Waals surface area contributed by atoms with Crippen LogP contribution in [0, 0.1) is 0 Å². The van der Waals surface area contributed by atoms with E-state index in [1.54, 1.807) is 0 Å². The van der Waals surface area contributed by atoms with Crippen molar-refractivity contribution < 1.29 is 34.7 Å². The van der Waals surface area contributed by atoms with E-state index in [0.29, 0.717) is 0 Å². The molecular weight excluding hydrogens is 196 g/mol. The molecule has 0 bridgehead atoms. The molecule has 14 heavy (non-hydrogen) atoms. The predicted molar refractivity (Wildman–Crippen MR) is 40.9 cm³/mol. The average molecular weight is 208 g/mol. The molecule has 0 unspecified atom stereocenters. The summed E-state index contributed by atoms with van der Waals surface area (Å²) in [5.74, 6) is 0. The van der Waals surface area contributed by atoms with E-state index in [-0.39, 0.29) is 6.47 Å². The molecule has 1 heterocycles. The number of hydrogen-bond acceptors (Lipinski definition) is 7. The second kappa shape index (κ2) is 4.67. The number of carbonyl (C=O) groups excluding carboxylic acids is 1. The second-order valence-electron chi connectivity index (χ2n) is 2.93. The van der Waals surface area contributed by atoms with Crippen molar-refractivity contribution in [3.05, 3.63) is 0 Å². The third kappa shape index (κ3) is 2.02. The van der Waals surface area contributed by atoms with Gasteiger partial charge in [0.1, 0.15) is 18.3 Å². The van der Waals surface area contributed by atoms with Crippen molar-refractivity contribution in [3.8, 4) is 0 Å². The van der Waals surface area contributed by atoms with Crippen LogP contribution in [0.5, 0.6) is 0 Å². The minimum atomic E-state index is -1.60. The third-order valence-corrected chi connectivity index (χ3v) is 2.05. The Labute approximate surface area is 79.5 Å². The van der Waals surface area contributed by atoms with Gasteiger partial charge in [-0.15, -0.1) is 0 Å². The Morgan fingerprint density at radius 3 is 2.43 bits per heavy atom. The first kappa shape index (κ1) is 11.3. The fraction of sp³-hybridized carbons (Fsp3) is 0.857. The molecule has 7 heteroatoms. The molecule has 0 aromatic rings. The highest BCUT2D eigenvalue weighted by Crippen LogP contribution is 2.21. The molecule has 1 rings (SSSR count). The molecule has 1 aliphatic heterocycles. The lowest BCUT2D eigenvalue weighted by Gasteiger charge is -2.38. The lowest BCUT2D eigenvalue weighted by Crippen LogP contribution is -2.59. The van der Waals surface area contributed by atoms with Gasteiger partial charge in [0.15, 0.2) is 12.4 Å². The number of carbonyl (C=O) groups is 1. The molecule has 7 nitrogen and oxygen atoms in total. The van der Waals surface area contributed by atoms with E-state index in [1.165, 1.54) is 0 Å².